The van der Waals surface area contributed by atoms with Gasteiger partial charge in [-0.05, 0) is 35.8 Å². The van der Waals surface area contributed by atoms with E-state index in [1.165, 1.54) is 10.6 Å². The number of anilines is 1. The van der Waals surface area contributed by atoms with Crippen LogP contribution in [-0.4, -0.2) is 28.4 Å². The highest BCUT2D eigenvalue weighted by Crippen LogP contribution is 2.17. The Hall–Kier alpha value is -1.17. The van der Waals surface area contributed by atoms with Gasteiger partial charge in [-0.2, -0.15) is 0 Å². The van der Waals surface area contributed by atoms with Crippen molar-refractivity contribution < 1.29 is 5.11 Å². The molecule has 5 heteroatoms. The van der Waals surface area contributed by atoms with Crippen LogP contribution in [0.1, 0.15) is 25.3 Å². The lowest BCUT2D eigenvalue weighted by Gasteiger charge is -2.19. The van der Waals surface area contributed by atoms with Crippen molar-refractivity contribution in [3.63, 3.8) is 0 Å². The van der Waals surface area contributed by atoms with Crippen molar-refractivity contribution in [1.82, 2.24) is 5.01 Å². The van der Waals surface area contributed by atoms with E-state index in [-0.39, 0.29) is 6.61 Å². The number of aliphatic hydroxyl groups is 1. The van der Waals surface area contributed by atoms with Gasteiger partial charge in [0.25, 0.3) is 0 Å². The molecule has 1 rings (SSSR count). The second kappa shape index (κ2) is 6.54. The van der Waals surface area contributed by atoms with E-state index in [9.17, 15) is 0 Å². The summed E-state index contributed by atoms with van der Waals surface area (Å²) in [6.07, 6.45) is 0. The lowest BCUT2D eigenvalue weighted by atomic mass is 10.0. The third-order valence-electron chi connectivity index (χ3n) is 2.43. The first-order valence-electron chi connectivity index (χ1n) is 5.58. The number of hydrogen-bond acceptors (Lipinski definition) is 3. The van der Waals surface area contributed by atoms with Crippen LogP contribution in [0.3, 0.4) is 0 Å². The molecule has 0 saturated heterocycles. The second-order valence-corrected chi connectivity index (χ2v) is 4.51. The lowest BCUT2D eigenvalue weighted by molar-refractivity contribution is 0.253. The van der Waals surface area contributed by atoms with Gasteiger partial charge in [0.05, 0.1) is 13.2 Å². The molecule has 17 heavy (non-hydrogen) atoms. The average Bonchev–Trinajstić information content (AvgIpc) is 2.30. The number of hydrazine groups is 1. The Balaban J connectivity index is 2.60. The second-order valence-electron chi connectivity index (χ2n) is 4.12. The van der Waals surface area contributed by atoms with Crippen LogP contribution in [0.2, 0.25) is 0 Å². The van der Waals surface area contributed by atoms with Gasteiger partial charge in [-0.3, -0.25) is 5.01 Å². The summed E-state index contributed by atoms with van der Waals surface area (Å²) < 4.78 is 0. The summed E-state index contributed by atoms with van der Waals surface area (Å²) in [5.74, 6) is 6.13. The Morgan fingerprint density at radius 1 is 1.41 bits per heavy atom. The summed E-state index contributed by atoms with van der Waals surface area (Å²) in [5, 5.41) is 13.5. The molecule has 0 unspecified atom stereocenters. The van der Waals surface area contributed by atoms with Crippen LogP contribution in [0.25, 0.3) is 0 Å². The van der Waals surface area contributed by atoms with Crippen LogP contribution >= 0.6 is 12.2 Å². The third kappa shape index (κ3) is 4.30. The van der Waals surface area contributed by atoms with E-state index >= 15 is 0 Å². The fraction of sp³-hybridized carbons (Fsp3) is 0.417. The predicted molar refractivity (Wildman–Crippen MR) is 74.7 cm³/mol. The Bertz CT molecular complexity index is 365. The highest BCUT2D eigenvalue weighted by molar-refractivity contribution is 7.80. The van der Waals surface area contributed by atoms with Gasteiger partial charge in [0.1, 0.15) is 0 Å². The largest absolute Gasteiger partial charge is 0.394 e. The highest BCUT2D eigenvalue weighted by atomic mass is 32.1. The van der Waals surface area contributed by atoms with Crippen molar-refractivity contribution in [1.29, 1.82) is 0 Å². The zero-order valence-corrected chi connectivity index (χ0v) is 11.0. The summed E-state index contributed by atoms with van der Waals surface area (Å²) in [4.78, 5) is 0. The molecule has 1 aromatic carbocycles. The first-order chi connectivity index (χ1) is 8.04. The van der Waals surface area contributed by atoms with Gasteiger partial charge in [-0.15, -0.1) is 0 Å². The van der Waals surface area contributed by atoms with Gasteiger partial charge >= 0.3 is 0 Å². The number of hydrogen-bond donors (Lipinski definition) is 3. The maximum Gasteiger partial charge on any atom is 0.187 e. The maximum absolute atomic E-state index is 8.74. The first-order valence-corrected chi connectivity index (χ1v) is 5.99. The molecule has 1 aromatic rings. The SMILES string of the molecule is CC(C)c1ccc(NC(=S)N(N)CCO)cc1. The molecule has 0 aliphatic heterocycles. The van der Waals surface area contributed by atoms with Crippen LogP contribution < -0.4 is 11.2 Å². The van der Waals surface area contributed by atoms with Crippen LogP contribution in [0.15, 0.2) is 24.3 Å². The molecule has 0 atom stereocenters. The summed E-state index contributed by atoms with van der Waals surface area (Å²) >= 11 is 5.09. The van der Waals surface area contributed by atoms with Crippen molar-refractivity contribution in [2.45, 2.75) is 19.8 Å². The predicted octanol–water partition coefficient (Wildman–Crippen LogP) is 1.67. The van der Waals surface area contributed by atoms with E-state index in [2.05, 4.69) is 31.3 Å². The number of nitrogens with one attached hydrogen (secondary N) is 1. The molecule has 4 N–H and O–H groups in total. The molecule has 4 nitrogen and oxygen atoms in total. The van der Waals surface area contributed by atoms with Crippen molar-refractivity contribution in [2.24, 2.45) is 5.84 Å². The number of aliphatic hydroxyl groups excluding tert-OH is 1. The van der Waals surface area contributed by atoms with Crippen LogP contribution in [0.4, 0.5) is 5.69 Å². The normalized spacial score (nSPS) is 10.4. The molecule has 0 amide bonds. The summed E-state index contributed by atoms with van der Waals surface area (Å²) in [7, 11) is 0. The van der Waals surface area contributed by atoms with Crippen molar-refractivity contribution >= 4 is 23.0 Å². The van der Waals surface area contributed by atoms with E-state index < -0.39 is 0 Å². The number of thiocarbonyl (C=S) groups is 1. The Morgan fingerprint density at radius 3 is 2.47 bits per heavy atom. The van der Waals surface area contributed by atoms with Gasteiger partial charge < -0.3 is 10.4 Å². The van der Waals surface area contributed by atoms with Crippen molar-refractivity contribution in [3.05, 3.63) is 29.8 Å². The van der Waals surface area contributed by atoms with E-state index in [4.69, 9.17) is 23.2 Å². The minimum absolute atomic E-state index is 0.0232. The first kappa shape index (κ1) is 13.9. The number of nitrogens with zero attached hydrogens (tertiary/aromatic N) is 1. The van der Waals surface area contributed by atoms with Gasteiger partial charge in [0, 0.05) is 5.69 Å². The van der Waals surface area contributed by atoms with Gasteiger partial charge in [0.2, 0.25) is 0 Å². The summed E-state index contributed by atoms with van der Waals surface area (Å²) in [5.41, 5.74) is 2.18. The van der Waals surface area contributed by atoms with E-state index in [0.717, 1.165) is 5.69 Å². The molecule has 0 aromatic heterocycles. The standard InChI is InChI=1S/C12H19N3OS/c1-9(2)10-3-5-11(6-4-10)14-12(17)15(13)7-8-16/h3-6,9,16H,7-8,13H2,1-2H3,(H,14,17). The Morgan fingerprint density at radius 2 is 2.00 bits per heavy atom. The van der Waals surface area contributed by atoms with Gasteiger partial charge in [-0.1, -0.05) is 26.0 Å². The quantitative estimate of drug-likeness (QED) is 0.433. The third-order valence-corrected chi connectivity index (χ3v) is 2.77. The van der Waals surface area contributed by atoms with Gasteiger partial charge in [0.15, 0.2) is 5.11 Å². The molecule has 0 aliphatic rings. The minimum Gasteiger partial charge on any atom is -0.394 e. The molecule has 0 saturated carbocycles. The van der Waals surface area contributed by atoms with E-state index in [0.29, 0.717) is 17.6 Å². The van der Waals surface area contributed by atoms with Crippen LogP contribution in [0.5, 0.6) is 0 Å². The zero-order chi connectivity index (χ0) is 12.8. The van der Waals surface area contributed by atoms with E-state index in [1.54, 1.807) is 0 Å². The fourth-order valence-electron chi connectivity index (χ4n) is 1.36. The molecule has 0 bridgehead atoms. The molecule has 0 aliphatic carbocycles. The molecule has 0 radical (unpaired) electrons. The summed E-state index contributed by atoms with van der Waals surface area (Å²) in [6.45, 7) is 4.59. The molecular weight excluding hydrogens is 234 g/mol. The molecule has 0 fully saturated rings. The Kier molecular flexibility index (Phi) is 5.34. The lowest BCUT2D eigenvalue weighted by Crippen LogP contribution is -2.42. The van der Waals surface area contributed by atoms with Gasteiger partial charge in [-0.25, -0.2) is 5.84 Å². The smallest absolute Gasteiger partial charge is 0.187 e. The number of nitrogens with two attached hydrogens (primary N) is 1. The minimum atomic E-state index is -0.0232. The van der Waals surface area contributed by atoms with Crippen LogP contribution in [-0.2, 0) is 0 Å². The van der Waals surface area contributed by atoms with E-state index in [1.807, 2.05) is 12.1 Å². The highest BCUT2D eigenvalue weighted by Gasteiger charge is 2.04. The molecule has 0 heterocycles. The monoisotopic (exact) mass is 253 g/mol. The Labute approximate surface area is 107 Å². The number of benzene rings is 1. The van der Waals surface area contributed by atoms with Crippen molar-refractivity contribution in [3.8, 4) is 0 Å². The zero-order valence-electron chi connectivity index (χ0n) is 10.2. The summed E-state index contributed by atoms with van der Waals surface area (Å²) in [6, 6.07) is 8.05. The topological polar surface area (TPSA) is 61.5 Å². The molecule has 94 valence electrons. The van der Waals surface area contributed by atoms with Crippen molar-refractivity contribution in [2.75, 3.05) is 18.5 Å². The molecule has 0 spiro atoms. The average molecular weight is 253 g/mol. The van der Waals surface area contributed by atoms with Crippen LogP contribution in [0, 0.1) is 0 Å². The maximum atomic E-state index is 8.74. The fourth-order valence-corrected chi connectivity index (χ4v) is 1.57. The molecular formula is C12H19N3OS. The number of rotatable bonds is 4.